The molecule has 1 saturated heterocycles. The van der Waals surface area contributed by atoms with Crippen LogP contribution in [0.4, 0.5) is 10.5 Å². The minimum Gasteiger partial charge on any atom is -0.493 e. The molecule has 0 atom stereocenters. The summed E-state index contributed by atoms with van der Waals surface area (Å²) in [7, 11) is 1.52. The molecule has 3 aromatic carbocycles. The number of amides is 2. The van der Waals surface area contributed by atoms with Gasteiger partial charge in [0.25, 0.3) is 11.1 Å². The van der Waals surface area contributed by atoms with Gasteiger partial charge in [-0.05, 0) is 88.0 Å². The predicted molar refractivity (Wildman–Crippen MR) is 136 cm³/mol. The van der Waals surface area contributed by atoms with Gasteiger partial charge in [-0.3, -0.25) is 9.59 Å². The number of benzene rings is 3. The van der Waals surface area contributed by atoms with Crippen LogP contribution in [0.2, 0.25) is 5.02 Å². The number of ether oxygens (including phenoxy) is 2. The minimum absolute atomic E-state index is 0.310. The molecule has 0 unspecified atom stereocenters. The maximum atomic E-state index is 12.8. The zero-order valence-corrected chi connectivity index (χ0v) is 20.6. The van der Waals surface area contributed by atoms with Gasteiger partial charge >= 0.3 is 0 Å². The molecule has 0 saturated carbocycles. The van der Waals surface area contributed by atoms with Gasteiger partial charge in [-0.2, -0.15) is 0 Å². The van der Waals surface area contributed by atoms with Gasteiger partial charge in [-0.15, -0.1) is 0 Å². The summed E-state index contributed by atoms with van der Waals surface area (Å²) in [5.74, 6) is 0.485. The highest BCUT2D eigenvalue weighted by Gasteiger charge is 2.36. The molecule has 1 heterocycles. The van der Waals surface area contributed by atoms with Gasteiger partial charge in [0.1, 0.15) is 6.61 Å². The maximum absolute atomic E-state index is 12.8. The Balaban J connectivity index is 1.57. The van der Waals surface area contributed by atoms with Crippen molar-refractivity contribution in [1.29, 1.82) is 0 Å². The van der Waals surface area contributed by atoms with E-state index in [1.807, 2.05) is 30.3 Å². The molecule has 0 aromatic heterocycles. The predicted octanol–water partition coefficient (Wildman–Crippen LogP) is 6.77. The van der Waals surface area contributed by atoms with Gasteiger partial charge in [0.05, 0.1) is 22.7 Å². The van der Waals surface area contributed by atoms with Crippen molar-refractivity contribution in [3.05, 3.63) is 91.4 Å². The molecule has 8 heteroatoms. The van der Waals surface area contributed by atoms with Gasteiger partial charge in [0, 0.05) is 3.57 Å². The Morgan fingerprint density at radius 3 is 2.47 bits per heavy atom. The number of halogens is 2. The van der Waals surface area contributed by atoms with Crippen LogP contribution >= 0.6 is 46.0 Å². The summed E-state index contributed by atoms with van der Waals surface area (Å²) >= 11 is 9.61. The van der Waals surface area contributed by atoms with E-state index in [4.69, 9.17) is 21.1 Å². The molecule has 0 spiro atoms. The minimum atomic E-state index is -0.375. The van der Waals surface area contributed by atoms with Crippen LogP contribution in [-0.2, 0) is 11.4 Å². The van der Waals surface area contributed by atoms with E-state index in [1.54, 1.807) is 42.5 Å². The smallest absolute Gasteiger partial charge is 0.298 e. The van der Waals surface area contributed by atoms with Crippen LogP contribution in [-0.4, -0.2) is 18.3 Å². The summed E-state index contributed by atoms with van der Waals surface area (Å²) in [6.45, 7) is 0.336. The highest BCUT2D eigenvalue weighted by atomic mass is 127. The van der Waals surface area contributed by atoms with Gasteiger partial charge in [0.15, 0.2) is 11.5 Å². The van der Waals surface area contributed by atoms with Crippen LogP contribution in [0.3, 0.4) is 0 Å². The standard InChI is InChI=1S/C24H17ClINO4S/c1-30-20-12-16(11-19(25)22(20)31-14-15-7-9-17(26)10-8-15)13-21-23(28)27(24(29)32-21)18-5-3-2-4-6-18/h2-13H,14H2,1H3/b21-13-. The number of rotatable bonds is 6. The first-order chi connectivity index (χ1) is 15.5. The average molecular weight is 578 g/mol. The Morgan fingerprint density at radius 1 is 1.06 bits per heavy atom. The molecule has 1 aliphatic rings. The fourth-order valence-electron chi connectivity index (χ4n) is 3.12. The number of methoxy groups -OCH3 is 1. The number of anilines is 1. The third kappa shape index (κ3) is 4.95. The first-order valence-electron chi connectivity index (χ1n) is 9.54. The number of imide groups is 1. The number of hydrogen-bond donors (Lipinski definition) is 0. The first-order valence-corrected chi connectivity index (χ1v) is 11.8. The number of hydrogen-bond acceptors (Lipinski definition) is 5. The highest BCUT2D eigenvalue weighted by molar-refractivity contribution is 14.1. The number of carbonyl (C=O) groups excluding carboxylic acids is 2. The number of thioether (sulfide) groups is 1. The van der Waals surface area contributed by atoms with Gasteiger partial charge in [-0.1, -0.05) is 41.9 Å². The molecule has 0 bridgehead atoms. The summed E-state index contributed by atoms with van der Waals surface area (Å²) < 4.78 is 12.5. The first kappa shape index (κ1) is 22.7. The van der Waals surface area contributed by atoms with Crippen LogP contribution in [0.5, 0.6) is 11.5 Å². The molecule has 3 aromatic rings. The van der Waals surface area contributed by atoms with Crippen LogP contribution in [0, 0.1) is 3.57 Å². The number of nitrogens with zero attached hydrogens (tertiary/aromatic N) is 1. The largest absolute Gasteiger partial charge is 0.493 e. The third-order valence-corrected chi connectivity index (χ3v) is 6.52. The molecule has 0 aliphatic carbocycles. The lowest BCUT2D eigenvalue weighted by Gasteiger charge is -2.14. The molecule has 0 radical (unpaired) electrons. The molecular formula is C24H17ClINO4S. The lowest BCUT2D eigenvalue weighted by Crippen LogP contribution is -2.27. The Morgan fingerprint density at radius 2 is 1.78 bits per heavy atom. The van der Waals surface area contributed by atoms with E-state index < -0.39 is 0 Å². The molecule has 4 rings (SSSR count). The SMILES string of the molecule is COc1cc(/C=C2\SC(=O)N(c3ccccc3)C2=O)cc(Cl)c1OCc1ccc(I)cc1. The molecular weight excluding hydrogens is 561 g/mol. The van der Waals surface area contributed by atoms with E-state index in [2.05, 4.69) is 22.6 Å². The molecule has 0 N–H and O–H groups in total. The van der Waals surface area contributed by atoms with Crippen LogP contribution in [0.25, 0.3) is 6.08 Å². The molecule has 32 heavy (non-hydrogen) atoms. The van der Waals surface area contributed by atoms with Crippen molar-refractivity contribution >= 4 is 68.9 Å². The van der Waals surface area contributed by atoms with Gasteiger partial charge in [0.2, 0.25) is 0 Å². The maximum Gasteiger partial charge on any atom is 0.298 e. The number of carbonyl (C=O) groups is 2. The van der Waals surface area contributed by atoms with E-state index in [0.29, 0.717) is 39.3 Å². The molecule has 5 nitrogen and oxygen atoms in total. The van der Waals surface area contributed by atoms with Crippen LogP contribution < -0.4 is 14.4 Å². The summed E-state index contributed by atoms with van der Waals surface area (Å²) in [4.78, 5) is 26.7. The van der Waals surface area contributed by atoms with Crippen LogP contribution in [0.1, 0.15) is 11.1 Å². The van der Waals surface area contributed by atoms with Crippen molar-refractivity contribution in [1.82, 2.24) is 0 Å². The topological polar surface area (TPSA) is 55.8 Å². The van der Waals surface area contributed by atoms with Crippen molar-refractivity contribution in [3.63, 3.8) is 0 Å². The van der Waals surface area contributed by atoms with Crippen molar-refractivity contribution in [2.24, 2.45) is 0 Å². The van der Waals surface area contributed by atoms with E-state index in [1.165, 1.54) is 7.11 Å². The van der Waals surface area contributed by atoms with E-state index in [0.717, 1.165) is 25.8 Å². The van der Waals surface area contributed by atoms with E-state index >= 15 is 0 Å². The zero-order valence-electron chi connectivity index (χ0n) is 16.9. The van der Waals surface area contributed by atoms with Crippen molar-refractivity contribution in [3.8, 4) is 11.5 Å². The highest BCUT2D eigenvalue weighted by Crippen LogP contribution is 2.40. The average Bonchev–Trinajstić information content (AvgIpc) is 3.07. The van der Waals surface area contributed by atoms with Gasteiger partial charge in [-0.25, -0.2) is 4.90 Å². The van der Waals surface area contributed by atoms with Crippen molar-refractivity contribution in [2.75, 3.05) is 12.0 Å². The summed E-state index contributed by atoms with van der Waals surface area (Å²) in [5.41, 5.74) is 2.17. The Kier molecular flexibility index (Phi) is 7.07. The fraction of sp³-hybridized carbons (Fsp3) is 0.0833. The lowest BCUT2D eigenvalue weighted by atomic mass is 10.1. The second-order valence-electron chi connectivity index (χ2n) is 6.80. The molecule has 1 fully saturated rings. The molecule has 1 aliphatic heterocycles. The Bertz CT molecular complexity index is 1200. The van der Waals surface area contributed by atoms with Crippen molar-refractivity contribution in [2.45, 2.75) is 6.61 Å². The molecule has 162 valence electrons. The van der Waals surface area contributed by atoms with E-state index in [-0.39, 0.29) is 11.1 Å². The third-order valence-electron chi connectivity index (χ3n) is 4.65. The van der Waals surface area contributed by atoms with Gasteiger partial charge < -0.3 is 9.47 Å². The number of para-hydroxylation sites is 1. The quantitative estimate of drug-likeness (QED) is 0.239. The lowest BCUT2D eigenvalue weighted by molar-refractivity contribution is -0.113. The van der Waals surface area contributed by atoms with E-state index in [9.17, 15) is 9.59 Å². The second-order valence-corrected chi connectivity index (χ2v) is 9.45. The van der Waals surface area contributed by atoms with Crippen LogP contribution in [0.15, 0.2) is 71.6 Å². The summed E-state index contributed by atoms with van der Waals surface area (Å²) in [6, 6.07) is 20.2. The fourth-order valence-corrected chi connectivity index (χ4v) is 4.59. The summed E-state index contributed by atoms with van der Waals surface area (Å²) in [5, 5.41) is 0.00591. The normalized spacial score (nSPS) is 14.8. The second kappa shape index (κ2) is 9.97. The molecule has 2 amide bonds. The Hall–Kier alpha value is -2.49. The van der Waals surface area contributed by atoms with Crippen molar-refractivity contribution < 1.29 is 19.1 Å². The summed E-state index contributed by atoms with van der Waals surface area (Å²) in [6.07, 6.45) is 1.63. The zero-order chi connectivity index (χ0) is 22.7. The Labute approximate surface area is 208 Å². The monoisotopic (exact) mass is 577 g/mol.